The van der Waals surface area contributed by atoms with Crippen LogP contribution in [0.4, 0.5) is 10.1 Å². The average Bonchev–Trinajstić information content (AvgIpc) is 2.47. The summed E-state index contributed by atoms with van der Waals surface area (Å²) < 4.78 is 19.2. The van der Waals surface area contributed by atoms with Crippen molar-refractivity contribution in [1.82, 2.24) is 0 Å². The molecule has 21 heavy (non-hydrogen) atoms. The number of nitrogens with one attached hydrogen (secondary N) is 1. The minimum absolute atomic E-state index is 0.154. The van der Waals surface area contributed by atoms with E-state index in [2.05, 4.69) is 5.32 Å². The summed E-state index contributed by atoms with van der Waals surface area (Å²) in [5.74, 6) is -0.00129. The fourth-order valence-electron chi connectivity index (χ4n) is 1.79. The maximum Gasteiger partial charge on any atom is 0.259 e. The third-order valence-corrected chi connectivity index (χ3v) is 2.83. The largest absolute Gasteiger partial charge is 0.492 e. The topological polar surface area (TPSA) is 38.3 Å². The summed E-state index contributed by atoms with van der Waals surface area (Å²) in [6, 6.07) is 13.0. The van der Waals surface area contributed by atoms with Crippen molar-refractivity contribution in [3.63, 3.8) is 0 Å². The molecule has 0 saturated carbocycles. The fourth-order valence-corrected chi connectivity index (χ4v) is 1.79. The molecule has 1 amide bonds. The summed E-state index contributed by atoms with van der Waals surface area (Å²) in [6.07, 6.45) is 0. The lowest BCUT2D eigenvalue weighted by Gasteiger charge is -2.13. The number of ether oxygens (including phenoxy) is 1. The molecule has 0 aliphatic carbocycles. The first-order valence-corrected chi connectivity index (χ1v) is 6.85. The molecule has 0 aliphatic rings. The molecular formula is C17H18FNO2. The maximum absolute atomic E-state index is 13.6. The number of hydrogen-bond acceptors (Lipinski definition) is 2. The Morgan fingerprint density at radius 2 is 1.81 bits per heavy atom. The number of para-hydroxylation sites is 2. The van der Waals surface area contributed by atoms with E-state index in [9.17, 15) is 9.18 Å². The smallest absolute Gasteiger partial charge is 0.259 e. The van der Waals surface area contributed by atoms with E-state index in [4.69, 9.17) is 4.74 Å². The van der Waals surface area contributed by atoms with Crippen LogP contribution < -0.4 is 10.1 Å². The number of carbonyl (C=O) groups is 1. The zero-order valence-corrected chi connectivity index (χ0v) is 12.1. The van der Waals surface area contributed by atoms with Crippen molar-refractivity contribution in [2.75, 3.05) is 11.9 Å². The maximum atomic E-state index is 13.6. The Hall–Kier alpha value is -2.36. The van der Waals surface area contributed by atoms with Gasteiger partial charge in [-0.1, -0.05) is 38.1 Å². The van der Waals surface area contributed by atoms with Gasteiger partial charge in [-0.15, -0.1) is 0 Å². The second kappa shape index (κ2) is 6.88. The fraction of sp³-hybridized carbons (Fsp3) is 0.235. The van der Waals surface area contributed by atoms with Crippen LogP contribution in [-0.2, 0) is 0 Å². The van der Waals surface area contributed by atoms with Gasteiger partial charge in [0.1, 0.15) is 11.6 Å². The van der Waals surface area contributed by atoms with Gasteiger partial charge < -0.3 is 10.1 Å². The Morgan fingerprint density at radius 3 is 2.52 bits per heavy atom. The highest BCUT2D eigenvalue weighted by Crippen LogP contribution is 2.21. The molecule has 1 N–H and O–H groups in total. The summed E-state index contributed by atoms with van der Waals surface area (Å²) in [5.41, 5.74) is 0.544. The Morgan fingerprint density at radius 1 is 1.14 bits per heavy atom. The summed E-state index contributed by atoms with van der Waals surface area (Å²) in [5, 5.41) is 2.56. The summed E-state index contributed by atoms with van der Waals surface area (Å²) in [7, 11) is 0. The van der Waals surface area contributed by atoms with Gasteiger partial charge in [0.05, 0.1) is 17.9 Å². The van der Waals surface area contributed by atoms with Gasteiger partial charge in [0.25, 0.3) is 5.91 Å². The van der Waals surface area contributed by atoms with E-state index >= 15 is 0 Å². The SMILES string of the molecule is CC(C)COc1ccccc1C(=O)Nc1ccccc1F. The second-order valence-corrected chi connectivity index (χ2v) is 5.13. The van der Waals surface area contributed by atoms with Crippen molar-refractivity contribution >= 4 is 11.6 Å². The standard InChI is InChI=1S/C17H18FNO2/c1-12(2)11-21-16-10-6-3-7-13(16)17(20)19-15-9-5-4-8-14(15)18/h3-10,12H,11H2,1-2H3,(H,19,20). The average molecular weight is 287 g/mol. The van der Waals surface area contributed by atoms with Crippen molar-refractivity contribution < 1.29 is 13.9 Å². The minimum atomic E-state index is -0.466. The van der Waals surface area contributed by atoms with Gasteiger partial charge in [-0.2, -0.15) is 0 Å². The Labute approximate surface area is 123 Å². The van der Waals surface area contributed by atoms with Crippen molar-refractivity contribution in [2.45, 2.75) is 13.8 Å². The van der Waals surface area contributed by atoms with Gasteiger partial charge in [0.15, 0.2) is 0 Å². The zero-order chi connectivity index (χ0) is 15.2. The molecule has 0 bridgehead atoms. The van der Waals surface area contributed by atoms with Gasteiger partial charge in [-0.05, 0) is 30.2 Å². The van der Waals surface area contributed by atoms with Gasteiger partial charge in [0.2, 0.25) is 0 Å². The lowest BCUT2D eigenvalue weighted by Crippen LogP contribution is -2.15. The second-order valence-electron chi connectivity index (χ2n) is 5.13. The normalized spacial score (nSPS) is 10.5. The van der Waals surface area contributed by atoms with Gasteiger partial charge in [-0.3, -0.25) is 4.79 Å². The van der Waals surface area contributed by atoms with Crippen LogP contribution in [0, 0.1) is 11.7 Å². The first-order valence-electron chi connectivity index (χ1n) is 6.85. The van der Waals surface area contributed by atoms with Gasteiger partial charge in [0, 0.05) is 0 Å². The predicted octanol–water partition coefficient (Wildman–Crippen LogP) is 4.11. The van der Waals surface area contributed by atoms with Crippen LogP contribution in [0.25, 0.3) is 0 Å². The molecule has 0 atom stereocenters. The van der Waals surface area contributed by atoms with Crippen LogP contribution in [-0.4, -0.2) is 12.5 Å². The summed E-state index contributed by atoms with van der Waals surface area (Å²) >= 11 is 0. The third-order valence-electron chi connectivity index (χ3n) is 2.83. The first-order chi connectivity index (χ1) is 10.1. The highest BCUT2D eigenvalue weighted by molar-refractivity contribution is 6.06. The van der Waals surface area contributed by atoms with Crippen molar-refractivity contribution in [3.8, 4) is 5.75 Å². The Bertz CT molecular complexity index is 626. The molecular weight excluding hydrogens is 269 g/mol. The molecule has 110 valence electrons. The highest BCUT2D eigenvalue weighted by atomic mass is 19.1. The van der Waals surface area contributed by atoms with Crippen LogP contribution in [0.3, 0.4) is 0 Å². The van der Waals surface area contributed by atoms with Crippen molar-refractivity contribution in [1.29, 1.82) is 0 Å². The Balaban J connectivity index is 2.17. The Kier molecular flexibility index (Phi) is 4.93. The predicted molar refractivity (Wildman–Crippen MR) is 81.1 cm³/mol. The molecule has 0 unspecified atom stereocenters. The molecule has 4 heteroatoms. The number of hydrogen-bond donors (Lipinski definition) is 1. The van der Waals surface area contributed by atoms with Crippen LogP contribution in [0.15, 0.2) is 48.5 Å². The van der Waals surface area contributed by atoms with Crippen LogP contribution >= 0.6 is 0 Å². The molecule has 0 aromatic heterocycles. The van der Waals surface area contributed by atoms with E-state index in [0.717, 1.165) is 0 Å². The zero-order valence-electron chi connectivity index (χ0n) is 12.1. The number of amides is 1. The molecule has 0 aliphatic heterocycles. The third kappa shape index (κ3) is 4.05. The summed E-state index contributed by atoms with van der Waals surface area (Å²) in [6.45, 7) is 4.58. The summed E-state index contributed by atoms with van der Waals surface area (Å²) in [4.78, 5) is 12.3. The minimum Gasteiger partial charge on any atom is -0.492 e. The number of anilines is 1. The van der Waals surface area contributed by atoms with Crippen LogP contribution in [0.5, 0.6) is 5.75 Å². The molecule has 0 spiro atoms. The van der Waals surface area contributed by atoms with E-state index in [0.29, 0.717) is 23.8 Å². The van der Waals surface area contributed by atoms with E-state index in [1.807, 2.05) is 13.8 Å². The lowest BCUT2D eigenvalue weighted by atomic mass is 10.1. The molecule has 2 aromatic carbocycles. The van der Waals surface area contributed by atoms with E-state index in [1.165, 1.54) is 12.1 Å². The first kappa shape index (κ1) is 15.0. The highest BCUT2D eigenvalue weighted by Gasteiger charge is 2.14. The van der Waals surface area contributed by atoms with E-state index in [1.54, 1.807) is 36.4 Å². The molecule has 0 fully saturated rings. The quantitative estimate of drug-likeness (QED) is 0.898. The number of halogens is 1. The van der Waals surface area contributed by atoms with Crippen LogP contribution in [0.1, 0.15) is 24.2 Å². The van der Waals surface area contributed by atoms with Gasteiger partial charge in [-0.25, -0.2) is 4.39 Å². The van der Waals surface area contributed by atoms with Crippen LogP contribution in [0.2, 0.25) is 0 Å². The number of benzene rings is 2. The van der Waals surface area contributed by atoms with Crippen molar-refractivity contribution in [3.05, 3.63) is 59.9 Å². The van der Waals surface area contributed by atoms with E-state index in [-0.39, 0.29) is 11.6 Å². The molecule has 2 rings (SSSR count). The monoisotopic (exact) mass is 287 g/mol. The molecule has 0 radical (unpaired) electrons. The molecule has 0 saturated heterocycles. The van der Waals surface area contributed by atoms with Crippen molar-refractivity contribution in [2.24, 2.45) is 5.92 Å². The van der Waals surface area contributed by atoms with Gasteiger partial charge >= 0.3 is 0 Å². The number of carbonyl (C=O) groups excluding carboxylic acids is 1. The van der Waals surface area contributed by atoms with E-state index < -0.39 is 5.82 Å². The lowest BCUT2D eigenvalue weighted by molar-refractivity contribution is 0.102. The molecule has 3 nitrogen and oxygen atoms in total. The molecule has 2 aromatic rings. The molecule has 0 heterocycles. The number of rotatable bonds is 5.